The van der Waals surface area contributed by atoms with E-state index in [1.165, 1.54) is 32.5 Å². The number of para-hydroxylation sites is 1. The van der Waals surface area contributed by atoms with Gasteiger partial charge in [0.2, 0.25) is 0 Å². The van der Waals surface area contributed by atoms with Crippen molar-refractivity contribution >= 4 is 65.9 Å². The van der Waals surface area contributed by atoms with Crippen molar-refractivity contribution in [2.45, 2.75) is 25.8 Å². The molecule has 0 radical (unpaired) electrons. The smallest absolute Gasteiger partial charge is 0.155 e. The molecule has 248 valence electrons. The monoisotopic (exact) mass is 669 g/mol. The van der Waals surface area contributed by atoms with Crippen molar-refractivity contribution in [3.8, 4) is 11.1 Å². The number of rotatable bonds is 4. The molecule has 4 nitrogen and oxygen atoms in total. The highest BCUT2D eigenvalue weighted by molar-refractivity contribution is 6.24. The van der Waals surface area contributed by atoms with Crippen molar-refractivity contribution in [1.29, 1.82) is 0 Å². The molecule has 0 fully saturated rings. The van der Waals surface area contributed by atoms with Crippen LogP contribution in [-0.2, 0) is 0 Å². The fourth-order valence-electron chi connectivity index (χ4n) is 8.18. The van der Waals surface area contributed by atoms with Gasteiger partial charge in [0.1, 0.15) is 11.2 Å². The van der Waals surface area contributed by atoms with Crippen LogP contribution in [0.15, 0.2) is 172 Å². The first kappa shape index (κ1) is 30.4. The number of furan rings is 1. The predicted octanol–water partition coefficient (Wildman–Crippen LogP) is 12.5. The number of aromatic nitrogens is 1. The van der Waals surface area contributed by atoms with Crippen LogP contribution in [0.25, 0.3) is 65.5 Å². The Labute approximate surface area is 301 Å². The van der Waals surface area contributed by atoms with Crippen LogP contribution in [0.5, 0.6) is 0 Å². The highest BCUT2D eigenvalue weighted by Crippen LogP contribution is 2.39. The van der Waals surface area contributed by atoms with Crippen molar-refractivity contribution in [2.24, 2.45) is 15.9 Å². The molecule has 0 amide bonds. The minimum Gasteiger partial charge on any atom is -0.456 e. The lowest BCUT2D eigenvalue weighted by Crippen LogP contribution is -2.18. The van der Waals surface area contributed by atoms with Gasteiger partial charge in [0.15, 0.2) is 5.84 Å². The SMILES string of the molecule is CC1CCC(c2cccc3oc4ccccc4c23)=NC(c2ccc(-c3cc4ncccc4c4c3ccc3ccccc34)cc2)=NC1c1ccccc1. The largest absolute Gasteiger partial charge is 0.456 e. The number of fused-ring (bicyclic) bond motifs is 8. The standard InChI is InChI=1S/C48H35N3O/c1-30-20-27-41(37-16-9-19-44-46(37)39-15-7-8-18-43(39)52-44)50-48(51-47(30)33-12-3-2-4-13-33)34-23-21-32(22-24-34)40-29-42-38(17-10-28-49-42)45-35-14-6-5-11-31(35)25-26-36(40)45/h2-19,21-26,28-30,47H,20,27H2,1H3. The molecule has 9 aromatic rings. The molecule has 0 aliphatic carbocycles. The Morgan fingerprint density at radius 2 is 1.33 bits per heavy atom. The second-order valence-corrected chi connectivity index (χ2v) is 13.9. The summed E-state index contributed by atoms with van der Waals surface area (Å²) in [5, 5.41) is 8.32. The van der Waals surface area contributed by atoms with Gasteiger partial charge in [-0.3, -0.25) is 9.98 Å². The Balaban J connectivity index is 1.15. The van der Waals surface area contributed by atoms with Gasteiger partial charge in [-0.15, -0.1) is 0 Å². The molecule has 0 saturated heterocycles. The maximum absolute atomic E-state index is 6.29. The van der Waals surface area contributed by atoms with Crippen molar-refractivity contribution < 1.29 is 4.42 Å². The topological polar surface area (TPSA) is 50.8 Å². The molecule has 3 heterocycles. The van der Waals surface area contributed by atoms with Gasteiger partial charge in [-0.05, 0) is 81.3 Å². The number of hydrogen-bond acceptors (Lipinski definition) is 4. The van der Waals surface area contributed by atoms with Gasteiger partial charge in [-0.1, -0.05) is 134 Å². The molecule has 4 heteroatoms. The lowest BCUT2D eigenvalue weighted by molar-refractivity contribution is 0.446. The van der Waals surface area contributed by atoms with E-state index in [9.17, 15) is 0 Å². The second kappa shape index (κ2) is 12.4. The Kier molecular flexibility index (Phi) is 7.28. The molecule has 52 heavy (non-hydrogen) atoms. The highest BCUT2D eigenvalue weighted by atomic mass is 16.3. The molecule has 0 N–H and O–H groups in total. The third kappa shape index (κ3) is 5.10. The van der Waals surface area contributed by atoms with Crippen molar-refractivity contribution in [2.75, 3.05) is 0 Å². The fourth-order valence-corrected chi connectivity index (χ4v) is 8.18. The van der Waals surface area contributed by atoms with E-state index in [2.05, 4.69) is 140 Å². The van der Waals surface area contributed by atoms with Crippen LogP contribution in [0.4, 0.5) is 0 Å². The first-order valence-electron chi connectivity index (χ1n) is 18.1. The van der Waals surface area contributed by atoms with Gasteiger partial charge in [0, 0.05) is 33.5 Å². The van der Waals surface area contributed by atoms with Gasteiger partial charge < -0.3 is 4.42 Å². The van der Waals surface area contributed by atoms with Crippen LogP contribution in [0.3, 0.4) is 0 Å². The Bertz CT molecular complexity index is 2850. The molecule has 1 aliphatic rings. The van der Waals surface area contributed by atoms with Gasteiger partial charge in [0.25, 0.3) is 0 Å². The lowest BCUT2D eigenvalue weighted by Gasteiger charge is -2.25. The minimum atomic E-state index is -0.00416. The summed E-state index contributed by atoms with van der Waals surface area (Å²) in [6.07, 6.45) is 3.69. The fraction of sp³-hybridized carbons (Fsp3) is 0.104. The summed E-state index contributed by atoms with van der Waals surface area (Å²) in [6.45, 7) is 2.32. The average Bonchev–Trinajstić information content (AvgIpc) is 3.59. The second-order valence-electron chi connectivity index (χ2n) is 13.9. The first-order valence-corrected chi connectivity index (χ1v) is 18.1. The normalized spacial score (nSPS) is 16.6. The summed E-state index contributed by atoms with van der Waals surface area (Å²) in [4.78, 5) is 15.8. The average molecular weight is 670 g/mol. The van der Waals surface area contributed by atoms with Gasteiger partial charge in [-0.2, -0.15) is 0 Å². The van der Waals surface area contributed by atoms with E-state index >= 15 is 0 Å². The summed E-state index contributed by atoms with van der Waals surface area (Å²) in [5.74, 6) is 1.07. The third-order valence-corrected chi connectivity index (χ3v) is 10.8. The summed E-state index contributed by atoms with van der Waals surface area (Å²) >= 11 is 0. The van der Waals surface area contributed by atoms with Crippen LogP contribution in [-0.4, -0.2) is 16.5 Å². The third-order valence-electron chi connectivity index (χ3n) is 10.8. The van der Waals surface area contributed by atoms with E-state index in [1.54, 1.807) is 0 Å². The van der Waals surface area contributed by atoms with E-state index in [0.29, 0.717) is 5.92 Å². The van der Waals surface area contributed by atoms with Gasteiger partial charge in [-0.25, -0.2) is 4.99 Å². The molecule has 10 rings (SSSR count). The first-order chi connectivity index (χ1) is 25.7. The number of benzene rings is 7. The van der Waals surface area contributed by atoms with Gasteiger partial charge >= 0.3 is 0 Å². The minimum absolute atomic E-state index is 0.00416. The molecular formula is C48H35N3O. The van der Waals surface area contributed by atoms with Crippen LogP contribution in [0, 0.1) is 5.92 Å². The number of nitrogens with zero attached hydrogens (tertiary/aromatic N) is 3. The zero-order valence-corrected chi connectivity index (χ0v) is 28.8. The molecule has 0 spiro atoms. The van der Waals surface area contributed by atoms with Crippen molar-refractivity contribution in [3.63, 3.8) is 0 Å². The molecule has 0 bridgehead atoms. The molecular weight excluding hydrogens is 635 g/mol. The Morgan fingerprint density at radius 1 is 0.577 bits per heavy atom. The van der Waals surface area contributed by atoms with E-state index < -0.39 is 0 Å². The summed E-state index contributed by atoms with van der Waals surface area (Å²) in [7, 11) is 0. The molecule has 1 aliphatic heterocycles. The number of amidine groups is 1. The highest BCUT2D eigenvalue weighted by Gasteiger charge is 2.25. The van der Waals surface area contributed by atoms with E-state index in [0.717, 1.165) is 74.1 Å². The van der Waals surface area contributed by atoms with Crippen molar-refractivity contribution in [1.82, 2.24) is 4.98 Å². The Hall–Kier alpha value is -6.39. The molecule has 2 unspecified atom stereocenters. The van der Waals surface area contributed by atoms with Crippen LogP contribution >= 0.6 is 0 Å². The number of hydrogen-bond donors (Lipinski definition) is 0. The van der Waals surface area contributed by atoms with E-state index in [-0.39, 0.29) is 6.04 Å². The Morgan fingerprint density at radius 3 is 2.21 bits per heavy atom. The number of aliphatic imine (C=N–C) groups is 2. The molecule has 2 atom stereocenters. The zero-order chi connectivity index (χ0) is 34.6. The van der Waals surface area contributed by atoms with Crippen LogP contribution in [0.1, 0.15) is 42.5 Å². The summed E-state index contributed by atoms with van der Waals surface area (Å²) in [5.41, 5.74) is 9.42. The zero-order valence-electron chi connectivity index (χ0n) is 28.8. The van der Waals surface area contributed by atoms with E-state index in [4.69, 9.17) is 19.4 Å². The quantitative estimate of drug-likeness (QED) is 0.175. The number of pyridine rings is 1. The van der Waals surface area contributed by atoms with Crippen LogP contribution in [0.2, 0.25) is 0 Å². The van der Waals surface area contributed by atoms with E-state index in [1.807, 2.05) is 24.4 Å². The predicted molar refractivity (Wildman–Crippen MR) is 217 cm³/mol. The van der Waals surface area contributed by atoms with Crippen LogP contribution < -0.4 is 0 Å². The summed E-state index contributed by atoms with van der Waals surface area (Å²) < 4.78 is 6.29. The maximum Gasteiger partial charge on any atom is 0.155 e. The molecule has 0 saturated carbocycles. The van der Waals surface area contributed by atoms with Crippen molar-refractivity contribution in [3.05, 3.63) is 175 Å². The molecule has 7 aromatic carbocycles. The maximum atomic E-state index is 6.29. The van der Waals surface area contributed by atoms with Gasteiger partial charge in [0.05, 0.1) is 17.3 Å². The molecule has 2 aromatic heterocycles. The summed E-state index contributed by atoms with van der Waals surface area (Å²) in [6, 6.07) is 53.6. The lowest BCUT2D eigenvalue weighted by atomic mass is 9.88.